The topological polar surface area (TPSA) is 63.0 Å². The molecule has 3 fully saturated rings. The average molecular weight is 422 g/mol. The first kappa shape index (κ1) is 20.2. The molecule has 2 aromatic heterocycles. The first-order chi connectivity index (χ1) is 14.3. The number of aryl methyl sites for hydroxylation is 1. The van der Waals surface area contributed by atoms with Crippen LogP contribution in [0.5, 0.6) is 0 Å². The van der Waals surface area contributed by atoms with E-state index in [1.807, 2.05) is 0 Å². The van der Waals surface area contributed by atoms with Crippen molar-refractivity contribution in [2.45, 2.75) is 75.0 Å². The van der Waals surface area contributed by atoms with Crippen LogP contribution in [0.4, 0.5) is 13.2 Å². The fraction of sp³-hybridized carbons (Fsp3) is 0.727. The van der Waals surface area contributed by atoms with Crippen LogP contribution in [-0.4, -0.2) is 38.5 Å². The first-order valence-corrected chi connectivity index (χ1v) is 11.1. The third-order valence-corrected chi connectivity index (χ3v) is 7.47. The lowest BCUT2D eigenvalue weighted by Crippen LogP contribution is -2.40. The van der Waals surface area contributed by atoms with Crippen molar-refractivity contribution in [3.05, 3.63) is 23.7 Å². The molecular weight excluding hydrogens is 393 g/mol. The van der Waals surface area contributed by atoms with Gasteiger partial charge in [-0.2, -0.15) is 13.2 Å². The molecule has 5 rings (SSSR count). The lowest BCUT2D eigenvalue weighted by Gasteiger charge is -2.26. The Labute approximate surface area is 174 Å². The highest BCUT2D eigenvalue weighted by atomic mass is 19.4. The monoisotopic (exact) mass is 422 g/mol. The number of halogens is 3. The van der Waals surface area contributed by atoms with E-state index >= 15 is 0 Å². The number of nitrogens with zero attached hydrogens (tertiary/aromatic N) is 3. The van der Waals surface area contributed by atoms with E-state index in [0.29, 0.717) is 17.1 Å². The van der Waals surface area contributed by atoms with Crippen LogP contribution in [0.15, 0.2) is 12.3 Å². The van der Waals surface area contributed by atoms with Gasteiger partial charge in [-0.15, -0.1) is 0 Å². The van der Waals surface area contributed by atoms with Gasteiger partial charge in [0.2, 0.25) is 0 Å². The number of rotatable bonds is 5. The largest absolute Gasteiger partial charge is 0.399 e. The summed E-state index contributed by atoms with van der Waals surface area (Å²) in [5, 5.41) is 13.5. The molecular formula is C22H29F3N4O. The van der Waals surface area contributed by atoms with Crippen LogP contribution in [0, 0.1) is 11.8 Å². The van der Waals surface area contributed by atoms with Gasteiger partial charge in [0.05, 0.1) is 24.5 Å². The molecule has 1 aliphatic heterocycles. The minimum Gasteiger partial charge on any atom is -0.395 e. The summed E-state index contributed by atoms with van der Waals surface area (Å²) in [6.45, 7) is 0.0893. The van der Waals surface area contributed by atoms with Crippen molar-refractivity contribution in [2.24, 2.45) is 18.9 Å². The summed E-state index contributed by atoms with van der Waals surface area (Å²) in [6, 6.07) is 1.54. The Kier molecular flexibility index (Phi) is 4.85. The Morgan fingerprint density at radius 2 is 2.00 bits per heavy atom. The van der Waals surface area contributed by atoms with Crippen LogP contribution in [-0.2, 0) is 12.5 Å². The molecule has 164 valence electrons. The molecule has 3 atom stereocenters. The predicted molar refractivity (Wildman–Crippen MR) is 107 cm³/mol. The molecule has 30 heavy (non-hydrogen) atoms. The molecule has 2 N–H and O–H groups in total. The number of fused-ring (bicyclic) bond motifs is 1. The van der Waals surface area contributed by atoms with Crippen molar-refractivity contribution < 1.29 is 18.3 Å². The van der Waals surface area contributed by atoms with Gasteiger partial charge in [-0.05, 0) is 50.0 Å². The van der Waals surface area contributed by atoms with E-state index < -0.39 is 11.6 Å². The number of nitrogens with one attached hydrogen (secondary N) is 1. The van der Waals surface area contributed by atoms with Crippen LogP contribution < -0.4 is 5.32 Å². The molecule has 3 aliphatic rings. The van der Waals surface area contributed by atoms with Crippen molar-refractivity contribution in [2.75, 3.05) is 6.61 Å². The molecule has 8 heteroatoms. The Morgan fingerprint density at radius 3 is 2.63 bits per heavy atom. The molecule has 5 nitrogen and oxygen atoms in total. The van der Waals surface area contributed by atoms with Gasteiger partial charge in [-0.25, -0.2) is 4.98 Å². The lowest BCUT2D eigenvalue weighted by atomic mass is 9.90. The number of hydrogen-bond acceptors (Lipinski definition) is 4. The van der Waals surface area contributed by atoms with E-state index in [0.717, 1.165) is 37.3 Å². The fourth-order valence-corrected chi connectivity index (χ4v) is 5.29. The second-order valence-corrected chi connectivity index (χ2v) is 9.55. The van der Waals surface area contributed by atoms with Gasteiger partial charge in [-0.3, -0.25) is 4.98 Å². The maximum absolute atomic E-state index is 13.6. The zero-order chi connectivity index (χ0) is 21.1. The average Bonchev–Trinajstić information content (AvgIpc) is 3.61. The molecule has 1 saturated heterocycles. The third-order valence-electron chi connectivity index (χ3n) is 7.47. The van der Waals surface area contributed by atoms with E-state index in [-0.39, 0.29) is 37.2 Å². The summed E-state index contributed by atoms with van der Waals surface area (Å²) >= 11 is 0. The normalized spacial score (nSPS) is 29.2. The third kappa shape index (κ3) is 3.42. The van der Waals surface area contributed by atoms with Gasteiger partial charge in [0.1, 0.15) is 10.9 Å². The van der Waals surface area contributed by atoms with Crippen LogP contribution in [0.2, 0.25) is 0 Å². The van der Waals surface area contributed by atoms with E-state index in [1.165, 1.54) is 12.8 Å². The second-order valence-electron chi connectivity index (χ2n) is 9.55. The van der Waals surface area contributed by atoms with Crippen LogP contribution in [0.25, 0.3) is 11.2 Å². The molecule has 0 radical (unpaired) electrons. The molecule has 2 aromatic rings. The minimum absolute atomic E-state index is 0.0273. The van der Waals surface area contributed by atoms with Crippen molar-refractivity contribution in [1.82, 2.24) is 19.9 Å². The van der Waals surface area contributed by atoms with E-state index in [4.69, 9.17) is 4.98 Å². The molecule has 0 spiro atoms. The lowest BCUT2D eigenvalue weighted by molar-refractivity contribution is -0.162. The van der Waals surface area contributed by atoms with Crippen molar-refractivity contribution in [3.63, 3.8) is 0 Å². The Hall–Kier alpha value is -1.67. The zero-order valence-electron chi connectivity index (χ0n) is 17.3. The Balaban J connectivity index is 1.43. The Bertz CT molecular complexity index is 932. The zero-order valence-corrected chi connectivity index (χ0v) is 17.3. The molecule has 0 unspecified atom stereocenters. The maximum Gasteiger partial charge on any atom is 0.399 e. The number of hydrogen-bond donors (Lipinski definition) is 2. The Morgan fingerprint density at radius 1 is 1.23 bits per heavy atom. The molecule has 3 heterocycles. The van der Waals surface area contributed by atoms with E-state index in [1.54, 1.807) is 23.9 Å². The highest BCUT2D eigenvalue weighted by molar-refractivity contribution is 5.74. The number of aliphatic hydroxyl groups is 1. The summed E-state index contributed by atoms with van der Waals surface area (Å²) in [4.78, 5) is 9.21. The van der Waals surface area contributed by atoms with Gasteiger partial charge < -0.3 is 15.0 Å². The second kappa shape index (κ2) is 7.19. The fourth-order valence-electron chi connectivity index (χ4n) is 5.29. The maximum atomic E-state index is 13.6. The van der Waals surface area contributed by atoms with E-state index in [2.05, 4.69) is 10.3 Å². The van der Waals surface area contributed by atoms with Gasteiger partial charge in [0.15, 0.2) is 5.65 Å². The summed E-state index contributed by atoms with van der Waals surface area (Å²) in [5.41, 5.74) is 0.263. The van der Waals surface area contributed by atoms with Crippen molar-refractivity contribution in [1.29, 1.82) is 0 Å². The van der Waals surface area contributed by atoms with Gasteiger partial charge in [0.25, 0.3) is 0 Å². The number of alkyl halides is 3. The highest BCUT2D eigenvalue weighted by Crippen LogP contribution is 2.59. The highest BCUT2D eigenvalue weighted by Gasteiger charge is 2.65. The molecule has 0 bridgehead atoms. The number of aromatic nitrogens is 3. The van der Waals surface area contributed by atoms with Gasteiger partial charge in [-0.1, -0.05) is 19.3 Å². The molecule has 2 saturated carbocycles. The van der Waals surface area contributed by atoms with Gasteiger partial charge in [0, 0.05) is 18.8 Å². The van der Waals surface area contributed by atoms with Crippen LogP contribution in [0.1, 0.15) is 68.8 Å². The predicted octanol–water partition coefficient (Wildman–Crippen LogP) is 4.15. The van der Waals surface area contributed by atoms with Crippen LogP contribution in [0.3, 0.4) is 0 Å². The molecule has 0 aromatic carbocycles. The SMILES string of the molecule is Cn1c(C2(C(F)(F)F)CC2)cc2ncc([C@@H]3CCC[C@@H](CC4CC4)[C@H](CO)N3)nc21. The van der Waals surface area contributed by atoms with Crippen LogP contribution >= 0.6 is 0 Å². The summed E-state index contributed by atoms with van der Waals surface area (Å²) in [6.07, 6.45) is 4.46. The quantitative estimate of drug-likeness (QED) is 0.760. The summed E-state index contributed by atoms with van der Waals surface area (Å²) in [7, 11) is 1.66. The standard InChI is InChI=1S/C22H29F3N4O/c1-29-19(21(7-8-21)22(23,24)25)10-16-20(29)28-17(11-26-16)15-4-2-3-14(9-13-5-6-13)18(12-30)27-15/h10-11,13-15,18,27,30H,2-9,12H2,1H3/t14-,15-,18-/m0/s1. The van der Waals surface area contributed by atoms with Crippen molar-refractivity contribution >= 4 is 11.2 Å². The summed E-state index contributed by atoms with van der Waals surface area (Å²) in [5.74, 6) is 1.27. The van der Waals surface area contributed by atoms with Crippen molar-refractivity contribution in [3.8, 4) is 0 Å². The van der Waals surface area contributed by atoms with Gasteiger partial charge >= 0.3 is 6.18 Å². The number of aliphatic hydroxyl groups excluding tert-OH is 1. The van der Waals surface area contributed by atoms with E-state index in [9.17, 15) is 18.3 Å². The first-order valence-electron chi connectivity index (χ1n) is 11.1. The minimum atomic E-state index is -4.26. The smallest absolute Gasteiger partial charge is 0.395 e. The molecule has 2 aliphatic carbocycles. The molecule has 0 amide bonds. The summed E-state index contributed by atoms with van der Waals surface area (Å²) < 4.78 is 42.5.